The SMILES string of the molecule is CCCCCCCC[C@H]1CCC[C@@H]1CCC/C=C/C=C(\C)OCc1ccccc1. The highest BCUT2D eigenvalue weighted by Gasteiger charge is 2.25. The zero-order chi connectivity index (χ0) is 20.6. The molecule has 0 aromatic heterocycles. The molecule has 1 aromatic carbocycles. The van der Waals surface area contributed by atoms with Crippen LogP contribution < -0.4 is 0 Å². The topological polar surface area (TPSA) is 9.23 Å². The van der Waals surface area contributed by atoms with Crippen LogP contribution in [0.4, 0.5) is 0 Å². The number of ether oxygens (including phenoxy) is 1. The van der Waals surface area contributed by atoms with E-state index in [4.69, 9.17) is 4.74 Å². The van der Waals surface area contributed by atoms with Gasteiger partial charge in [-0.25, -0.2) is 0 Å². The third-order valence-corrected chi connectivity index (χ3v) is 6.47. The van der Waals surface area contributed by atoms with Crippen molar-refractivity contribution >= 4 is 0 Å². The van der Waals surface area contributed by atoms with E-state index in [0.717, 1.165) is 17.6 Å². The van der Waals surface area contributed by atoms with E-state index in [9.17, 15) is 0 Å². The lowest BCUT2D eigenvalue weighted by Gasteiger charge is -2.19. The Bertz CT molecular complexity index is 571. The Kier molecular flexibility index (Phi) is 12.6. The molecule has 29 heavy (non-hydrogen) atoms. The minimum absolute atomic E-state index is 0.651. The maximum atomic E-state index is 5.81. The molecule has 1 heteroatoms. The Labute approximate surface area is 180 Å². The largest absolute Gasteiger partial charge is 0.494 e. The molecule has 0 amide bonds. The number of allylic oxidation sites excluding steroid dienone is 4. The molecule has 1 fully saturated rings. The van der Waals surface area contributed by atoms with Gasteiger partial charge in [-0.2, -0.15) is 0 Å². The number of unbranched alkanes of at least 4 members (excludes halogenated alkanes) is 6. The predicted octanol–water partition coefficient (Wildman–Crippen LogP) is 9.00. The van der Waals surface area contributed by atoms with Crippen molar-refractivity contribution in [2.75, 3.05) is 0 Å². The van der Waals surface area contributed by atoms with E-state index in [2.05, 4.69) is 49.4 Å². The molecule has 1 saturated carbocycles. The van der Waals surface area contributed by atoms with E-state index < -0.39 is 0 Å². The Morgan fingerprint density at radius 2 is 1.62 bits per heavy atom. The molecular weight excluding hydrogens is 352 g/mol. The second-order valence-corrected chi connectivity index (χ2v) is 8.92. The van der Waals surface area contributed by atoms with Crippen molar-refractivity contribution in [1.29, 1.82) is 0 Å². The van der Waals surface area contributed by atoms with Gasteiger partial charge in [0.25, 0.3) is 0 Å². The van der Waals surface area contributed by atoms with Crippen molar-refractivity contribution in [2.45, 2.75) is 104 Å². The molecule has 0 spiro atoms. The summed E-state index contributed by atoms with van der Waals surface area (Å²) < 4.78 is 5.81. The fourth-order valence-electron chi connectivity index (χ4n) is 4.68. The molecular formula is C28H44O. The third-order valence-electron chi connectivity index (χ3n) is 6.47. The molecule has 1 aliphatic carbocycles. The standard InChI is InChI=1S/C28H44O/c1-3-4-5-6-7-14-20-27-22-16-23-28(27)21-15-9-8-11-17-25(2)29-24-26-18-12-10-13-19-26/h8,10-13,17-19,27-28H,3-7,9,14-16,20-24H2,1-2H3/b11-8+,25-17+/t27-,28-/m0/s1. The van der Waals surface area contributed by atoms with E-state index in [0.29, 0.717) is 6.61 Å². The first-order chi connectivity index (χ1) is 14.3. The van der Waals surface area contributed by atoms with Gasteiger partial charge in [0.15, 0.2) is 0 Å². The normalized spacial score (nSPS) is 19.9. The molecule has 1 nitrogen and oxygen atoms in total. The van der Waals surface area contributed by atoms with Crippen LogP contribution >= 0.6 is 0 Å². The zero-order valence-corrected chi connectivity index (χ0v) is 19.1. The van der Waals surface area contributed by atoms with Gasteiger partial charge in [-0.05, 0) is 49.7 Å². The van der Waals surface area contributed by atoms with Crippen molar-refractivity contribution in [3.05, 3.63) is 59.9 Å². The lowest BCUT2D eigenvalue weighted by Crippen LogP contribution is -2.07. The van der Waals surface area contributed by atoms with Gasteiger partial charge in [0.1, 0.15) is 6.61 Å². The summed E-state index contributed by atoms with van der Waals surface area (Å²) in [7, 11) is 0. The number of benzene rings is 1. The summed E-state index contributed by atoms with van der Waals surface area (Å²) in [5, 5.41) is 0. The lowest BCUT2D eigenvalue weighted by atomic mass is 9.87. The molecule has 0 unspecified atom stereocenters. The Morgan fingerprint density at radius 1 is 0.931 bits per heavy atom. The fraction of sp³-hybridized carbons (Fsp3) is 0.643. The van der Waals surface area contributed by atoms with Crippen LogP contribution in [0, 0.1) is 11.8 Å². The number of hydrogen-bond donors (Lipinski definition) is 0. The van der Waals surface area contributed by atoms with Crippen LogP contribution in [-0.2, 0) is 11.3 Å². The molecule has 0 radical (unpaired) electrons. The minimum Gasteiger partial charge on any atom is -0.494 e. The summed E-state index contributed by atoms with van der Waals surface area (Å²) in [4.78, 5) is 0. The second kappa shape index (κ2) is 15.4. The van der Waals surface area contributed by atoms with E-state index in [-0.39, 0.29) is 0 Å². The molecule has 0 N–H and O–H groups in total. The van der Waals surface area contributed by atoms with Gasteiger partial charge >= 0.3 is 0 Å². The molecule has 0 heterocycles. The first kappa shape index (κ1) is 23.8. The zero-order valence-electron chi connectivity index (χ0n) is 19.1. The van der Waals surface area contributed by atoms with Crippen molar-refractivity contribution < 1.29 is 4.74 Å². The molecule has 162 valence electrons. The van der Waals surface area contributed by atoms with Gasteiger partial charge in [0.2, 0.25) is 0 Å². The third kappa shape index (κ3) is 10.7. The fourth-order valence-corrected chi connectivity index (χ4v) is 4.68. The molecule has 0 aliphatic heterocycles. The predicted molar refractivity (Wildman–Crippen MR) is 127 cm³/mol. The van der Waals surface area contributed by atoms with E-state index in [1.807, 2.05) is 13.0 Å². The van der Waals surface area contributed by atoms with Crippen LogP contribution in [0.5, 0.6) is 0 Å². The number of hydrogen-bond acceptors (Lipinski definition) is 1. The van der Waals surface area contributed by atoms with Crippen molar-refractivity contribution in [3.8, 4) is 0 Å². The maximum Gasteiger partial charge on any atom is 0.113 e. The van der Waals surface area contributed by atoms with Gasteiger partial charge in [-0.3, -0.25) is 0 Å². The van der Waals surface area contributed by atoms with Crippen LogP contribution in [0.15, 0.2) is 54.3 Å². The Balaban J connectivity index is 1.54. The van der Waals surface area contributed by atoms with Crippen LogP contribution in [0.1, 0.15) is 103 Å². The van der Waals surface area contributed by atoms with Crippen LogP contribution in [-0.4, -0.2) is 0 Å². The first-order valence-corrected chi connectivity index (χ1v) is 12.3. The van der Waals surface area contributed by atoms with Gasteiger partial charge in [-0.15, -0.1) is 0 Å². The molecule has 2 rings (SSSR count). The quantitative estimate of drug-likeness (QED) is 0.163. The highest BCUT2D eigenvalue weighted by Crippen LogP contribution is 2.38. The summed E-state index contributed by atoms with van der Waals surface area (Å²) in [6.45, 7) is 4.99. The average Bonchev–Trinajstić information content (AvgIpc) is 3.19. The first-order valence-electron chi connectivity index (χ1n) is 12.3. The second-order valence-electron chi connectivity index (χ2n) is 8.92. The van der Waals surface area contributed by atoms with E-state index in [1.165, 1.54) is 89.0 Å². The summed E-state index contributed by atoms with van der Waals surface area (Å²) in [5.41, 5.74) is 1.22. The smallest absolute Gasteiger partial charge is 0.113 e. The molecule has 0 bridgehead atoms. The van der Waals surface area contributed by atoms with Crippen LogP contribution in [0.2, 0.25) is 0 Å². The van der Waals surface area contributed by atoms with E-state index >= 15 is 0 Å². The highest BCUT2D eigenvalue weighted by molar-refractivity contribution is 5.14. The Hall–Kier alpha value is -1.50. The van der Waals surface area contributed by atoms with Gasteiger partial charge in [0, 0.05) is 0 Å². The van der Waals surface area contributed by atoms with Crippen molar-refractivity contribution in [1.82, 2.24) is 0 Å². The molecule has 0 saturated heterocycles. The van der Waals surface area contributed by atoms with Crippen molar-refractivity contribution in [3.63, 3.8) is 0 Å². The lowest BCUT2D eigenvalue weighted by molar-refractivity contribution is 0.201. The van der Waals surface area contributed by atoms with Gasteiger partial charge in [-0.1, -0.05) is 114 Å². The van der Waals surface area contributed by atoms with Gasteiger partial charge < -0.3 is 4.74 Å². The summed E-state index contributed by atoms with van der Waals surface area (Å²) in [6.07, 6.45) is 25.1. The highest BCUT2D eigenvalue weighted by atomic mass is 16.5. The summed E-state index contributed by atoms with van der Waals surface area (Å²) in [6, 6.07) is 10.4. The average molecular weight is 397 g/mol. The molecule has 1 aromatic rings. The number of rotatable bonds is 15. The monoisotopic (exact) mass is 396 g/mol. The summed E-state index contributed by atoms with van der Waals surface area (Å²) >= 11 is 0. The van der Waals surface area contributed by atoms with Crippen molar-refractivity contribution in [2.24, 2.45) is 11.8 Å². The molecule has 2 atom stereocenters. The van der Waals surface area contributed by atoms with Crippen LogP contribution in [0.3, 0.4) is 0 Å². The minimum atomic E-state index is 0.651. The summed E-state index contributed by atoms with van der Waals surface area (Å²) in [5.74, 6) is 3.02. The van der Waals surface area contributed by atoms with Gasteiger partial charge in [0.05, 0.1) is 5.76 Å². The molecule has 1 aliphatic rings. The Morgan fingerprint density at radius 3 is 2.38 bits per heavy atom. The van der Waals surface area contributed by atoms with E-state index in [1.54, 1.807) is 0 Å². The maximum absolute atomic E-state index is 5.81. The van der Waals surface area contributed by atoms with Crippen LogP contribution in [0.25, 0.3) is 0 Å².